The second-order valence-electron chi connectivity index (χ2n) is 14.5. The molecule has 63 heavy (non-hydrogen) atoms. The van der Waals surface area contributed by atoms with E-state index in [1.165, 1.54) is 24.3 Å². The van der Waals surface area contributed by atoms with Gasteiger partial charge in [0.25, 0.3) is 5.69 Å². The minimum Gasteiger partial charge on any atom is -0.429 e. The second-order valence-corrected chi connectivity index (χ2v) is 14.5. The van der Waals surface area contributed by atoms with Gasteiger partial charge in [-0.25, -0.2) is 9.59 Å². The van der Waals surface area contributed by atoms with Gasteiger partial charge in [0.1, 0.15) is 18.4 Å². The molecule has 0 fully saturated rings. The fourth-order valence-corrected chi connectivity index (χ4v) is 6.00. The summed E-state index contributed by atoms with van der Waals surface area (Å²) in [6.45, 7) is 6.14. The third-order valence-corrected chi connectivity index (χ3v) is 9.30. The summed E-state index contributed by atoms with van der Waals surface area (Å²) in [5.41, 5.74) is 8.97. The van der Waals surface area contributed by atoms with Crippen LogP contribution >= 0.6 is 0 Å². The number of nitrogens with two attached hydrogens (primary N) is 1. The van der Waals surface area contributed by atoms with Gasteiger partial charge in [0.05, 0.1) is 23.7 Å². The second kappa shape index (κ2) is 24.5. The maximum Gasteiger partial charge on any atom is 0.514 e. The van der Waals surface area contributed by atoms with Gasteiger partial charge in [0.2, 0.25) is 23.6 Å². The van der Waals surface area contributed by atoms with E-state index in [0.29, 0.717) is 37.2 Å². The molecule has 6 N–H and O–H groups in total. The highest BCUT2D eigenvalue weighted by molar-refractivity contribution is 5.96. The molecule has 1 atom stereocenters. The highest BCUT2D eigenvalue weighted by atomic mass is 16.7. The molecular formula is C46H51N7O10. The van der Waals surface area contributed by atoms with Crippen molar-refractivity contribution in [3.8, 4) is 17.6 Å². The Morgan fingerprint density at radius 3 is 2.13 bits per heavy atom. The van der Waals surface area contributed by atoms with Gasteiger partial charge in [-0.15, -0.1) is 0 Å². The number of amides is 6. The number of ether oxygens (including phenoxy) is 2. The summed E-state index contributed by atoms with van der Waals surface area (Å²) in [5, 5.41) is 21.2. The van der Waals surface area contributed by atoms with Crippen molar-refractivity contribution in [2.75, 3.05) is 23.3 Å². The molecule has 6 amide bonds. The number of nitro benzene ring substituents is 1. The Balaban J connectivity index is 0.00000115. The molecule has 1 heterocycles. The van der Waals surface area contributed by atoms with Crippen LogP contribution in [-0.2, 0) is 37.1 Å². The molecule has 0 radical (unpaired) electrons. The van der Waals surface area contributed by atoms with Crippen LogP contribution in [0.2, 0.25) is 0 Å². The molecule has 17 heteroatoms. The van der Waals surface area contributed by atoms with Crippen molar-refractivity contribution in [3.05, 3.63) is 129 Å². The predicted molar refractivity (Wildman–Crippen MR) is 235 cm³/mol. The number of rotatable bonds is 17. The number of fused-ring (bicyclic) bond motifs is 2. The van der Waals surface area contributed by atoms with E-state index in [0.717, 1.165) is 28.8 Å². The molecule has 17 nitrogen and oxygen atoms in total. The first kappa shape index (κ1) is 47.9. The number of urea groups is 1. The van der Waals surface area contributed by atoms with Crippen LogP contribution in [0.1, 0.15) is 75.1 Å². The van der Waals surface area contributed by atoms with Crippen LogP contribution in [0.15, 0.2) is 97.1 Å². The van der Waals surface area contributed by atoms with Crippen molar-refractivity contribution in [3.63, 3.8) is 0 Å². The lowest BCUT2D eigenvalue weighted by atomic mass is 10.0. The smallest absolute Gasteiger partial charge is 0.429 e. The van der Waals surface area contributed by atoms with Gasteiger partial charge in [-0.2, -0.15) is 0 Å². The van der Waals surface area contributed by atoms with Crippen LogP contribution in [0, 0.1) is 27.9 Å². The number of anilines is 2. The number of primary amides is 1. The minimum absolute atomic E-state index is 0.0700. The minimum atomic E-state index is -0.997. The average Bonchev–Trinajstić information content (AvgIpc) is 3.26. The zero-order valence-corrected chi connectivity index (χ0v) is 35.3. The predicted octanol–water partition coefficient (Wildman–Crippen LogP) is 6.08. The Morgan fingerprint density at radius 2 is 1.48 bits per heavy atom. The number of unbranched alkanes of at least 4 members (excludes halogenated alkanes) is 1. The molecule has 0 saturated carbocycles. The molecule has 1 aliphatic heterocycles. The number of non-ortho nitro benzene ring substituents is 1. The largest absolute Gasteiger partial charge is 0.514 e. The van der Waals surface area contributed by atoms with Crippen LogP contribution in [0.5, 0.6) is 5.75 Å². The van der Waals surface area contributed by atoms with E-state index in [1.807, 2.05) is 55.5 Å². The van der Waals surface area contributed by atoms with Crippen LogP contribution in [0.3, 0.4) is 0 Å². The van der Waals surface area contributed by atoms with E-state index in [-0.39, 0.29) is 55.2 Å². The molecule has 0 aliphatic carbocycles. The molecule has 0 bridgehead atoms. The third-order valence-electron chi connectivity index (χ3n) is 9.30. The Hall–Kier alpha value is -7.74. The molecular weight excluding hydrogens is 811 g/mol. The number of hydrogen-bond donors (Lipinski definition) is 5. The number of nitrogens with zero attached hydrogens (tertiary/aromatic N) is 2. The fourth-order valence-electron chi connectivity index (χ4n) is 6.00. The molecule has 4 aromatic rings. The van der Waals surface area contributed by atoms with E-state index in [1.54, 1.807) is 43.0 Å². The molecule has 5 rings (SSSR count). The van der Waals surface area contributed by atoms with Crippen molar-refractivity contribution in [1.29, 1.82) is 0 Å². The summed E-state index contributed by atoms with van der Waals surface area (Å²) >= 11 is 0. The number of benzene rings is 4. The fraction of sp³-hybridized carbons (Fsp3) is 0.304. The Morgan fingerprint density at radius 1 is 0.825 bits per heavy atom. The molecule has 1 aliphatic rings. The Kier molecular flexibility index (Phi) is 18.6. The van der Waals surface area contributed by atoms with E-state index >= 15 is 0 Å². The third kappa shape index (κ3) is 16.0. The zero-order chi connectivity index (χ0) is 45.7. The molecule has 0 aromatic heterocycles. The monoisotopic (exact) mass is 861 g/mol. The van der Waals surface area contributed by atoms with E-state index in [2.05, 4.69) is 33.1 Å². The maximum absolute atomic E-state index is 13.5. The summed E-state index contributed by atoms with van der Waals surface area (Å²) in [4.78, 5) is 85.7. The first-order valence-corrected chi connectivity index (χ1v) is 20.3. The number of hydrogen-bond acceptors (Lipinski definition) is 10. The summed E-state index contributed by atoms with van der Waals surface area (Å²) in [7, 11) is 0. The van der Waals surface area contributed by atoms with Gasteiger partial charge in [-0.05, 0) is 78.8 Å². The molecule has 4 aromatic carbocycles. The molecule has 0 saturated heterocycles. The van der Waals surface area contributed by atoms with Crippen LogP contribution in [-0.4, -0.2) is 59.9 Å². The SMILES string of the molecule is CC(C)C(NC(=O)CCCCC(=O)N1Cc2ccccc2C#Cc2ccccc21)C(=O)NCC(=O)Nc1ccc(COC(=O)Oc2ccc([N+](=O)[O-])cc2)cc1.CCCNC(N)=O. The lowest BCUT2D eigenvalue weighted by Gasteiger charge is -2.26. The van der Waals surface area contributed by atoms with Gasteiger partial charge in [0.15, 0.2) is 0 Å². The van der Waals surface area contributed by atoms with E-state index < -0.39 is 35.0 Å². The van der Waals surface area contributed by atoms with Gasteiger partial charge >= 0.3 is 12.2 Å². The van der Waals surface area contributed by atoms with E-state index in [4.69, 9.17) is 15.2 Å². The Bertz CT molecular complexity index is 2300. The van der Waals surface area contributed by atoms with Crippen LogP contribution in [0.4, 0.5) is 26.7 Å². The number of nitro groups is 1. The van der Waals surface area contributed by atoms with Crippen molar-refractivity contribution in [1.82, 2.24) is 16.0 Å². The van der Waals surface area contributed by atoms with Gasteiger partial charge in [-0.3, -0.25) is 29.3 Å². The Labute approximate surface area is 365 Å². The van der Waals surface area contributed by atoms with Crippen LogP contribution < -0.4 is 36.6 Å². The first-order valence-electron chi connectivity index (χ1n) is 20.3. The lowest BCUT2D eigenvalue weighted by molar-refractivity contribution is -0.384. The van der Waals surface area contributed by atoms with Gasteiger partial charge in [-0.1, -0.05) is 75.1 Å². The topological polar surface area (TPSA) is 241 Å². The zero-order valence-electron chi connectivity index (χ0n) is 35.3. The standard InChI is InChI=1S/C42H41N5O9.C4H10N2O/c1-28(2)40(45-37(48)13-7-8-14-39(50)46-26-32-11-4-3-9-30(32)17-18-31-10-5-6-12-36(31)46)41(51)43-25-38(49)44-33-19-15-29(16-20-33)27-55-42(52)56-35-23-21-34(22-24-35)47(53)54;1-2-3-6-4(5)7/h3-6,9-12,15-16,19-24,28,40H,7-8,13-14,25-27H2,1-2H3,(H,43,51)(H,44,49)(H,45,48);2-3H2,1H3,(H3,5,6,7). The van der Waals surface area contributed by atoms with Crippen molar-refractivity contribution in [2.24, 2.45) is 11.7 Å². The van der Waals surface area contributed by atoms with Crippen LogP contribution in [0.25, 0.3) is 0 Å². The van der Waals surface area contributed by atoms with Crippen molar-refractivity contribution < 1.29 is 43.2 Å². The lowest BCUT2D eigenvalue weighted by Crippen LogP contribution is -2.51. The summed E-state index contributed by atoms with van der Waals surface area (Å²) in [6.07, 6.45) is 1.21. The highest BCUT2D eigenvalue weighted by Crippen LogP contribution is 2.26. The quantitative estimate of drug-likeness (QED) is 0.0205. The number of carbonyl (C=O) groups is 6. The van der Waals surface area contributed by atoms with Gasteiger partial charge < -0.3 is 41.4 Å². The molecule has 1 unspecified atom stereocenters. The first-order chi connectivity index (χ1) is 30.2. The van der Waals surface area contributed by atoms with Gasteiger partial charge in [0, 0.05) is 48.3 Å². The summed E-state index contributed by atoms with van der Waals surface area (Å²) in [6, 6.07) is 25.4. The number of para-hydroxylation sites is 1. The number of carbonyl (C=O) groups excluding carboxylic acids is 6. The number of nitrogens with one attached hydrogen (secondary N) is 4. The highest BCUT2D eigenvalue weighted by Gasteiger charge is 2.25. The molecule has 0 spiro atoms. The van der Waals surface area contributed by atoms with Crippen molar-refractivity contribution >= 4 is 52.9 Å². The summed E-state index contributed by atoms with van der Waals surface area (Å²) < 4.78 is 10.1. The van der Waals surface area contributed by atoms with Crippen molar-refractivity contribution in [2.45, 2.75) is 72.1 Å². The average molecular weight is 862 g/mol. The maximum atomic E-state index is 13.5. The summed E-state index contributed by atoms with van der Waals surface area (Å²) in [5.74, 6) is 4.82. The molecule has 330 valence electrons. The normalized spacial score (nSPS) is 11.5. The van der Waals surface area contributed by atoms with E-state index in [9.17, 15) is 38.9 Å².